The topological polar surface area (TPSA) is 56.1 Å². The van der Waals surface area contributed by atoms with Crippen LogP contribution in [0.3, 0.4) is 0 Å². The number of benzene rings is 1. The zero-order valence-corrected chi connectivity index (χ0v) is 11.0. The lowest BCUT2D eigenvalue weighted by molar-refractivity contribution is -0.139. The summed E-state index contributed by atoms with van der Waals surface area (Å²) >= 11 is 0. The Morgan fingerprint density at radius 1 is 1.53 bits per heavy atom. The number of nitrogens with zero attached hydrogens (tertiary/aromatic N) is 2. The molecule has 0 aliphatic rings. The third-order valence-electron chi connectivity index (χ3n) is 2.95. The molecule has 0 fully saturated rings. The van der Waals surface area contributed by atoms with Gasteiger partial charge in [0.1, 0.15) is 0 Å². The molecule has 0 saturated heterocycles. The van der Waals surface area contributed by atoms with E-state index in [-0.39, 0.29) is 18.6 Å². The molecule has 0 amide bonds. The monoisotopic (exact) mass is 259 g/mol. The Bertz CT molecular complexity index is 537. The van der Waals surface area contributed by atoms with E-state index in [1.807, 2.05) is 35.9 Å². The molecular formula is C14H17N3O2. The molecule has 2 aromatic rings. The molecule has 0 bridgehead atoms. The van der Waals surface area contributed by atoms with Crippen molar-refractivity contribution in [2.75, 3.05) is 13.7 Å². The molecule has 0 aliphatic heterocycles. The largest absolute Gasteiger partial charge is 0.468 e. The highest BCUT2D eigenvalue weighted by atomic mass is 16.5. The molecule has 5 heteroatoms. The number of ether oxygens (including phenoxy) is 1. The highest BCUT2D eigenvalue weighted by Crippen LogP contribution is 2.16. The minimum absolute atomic E-state index is 0.0718. The average molecular weight is 259 g/mol. The summed E-state index contributed by atoms with van der Waals surface area (Å²) in [5, 5.41) is 3.12. The quantitative estimate of drug-likeness (QED) is 0.830. The molecule has 1 N–H and O–H groups in total. The molecule has 2 rings (SSSR count). The van der Waals surface area contributed by atoms with Crippen LogP contribution in [0.4, 0.5) is 0 Å². The van der Waals surface area contributed by atoms with Crippen LogP contribution in [0.2, 0.25) is 0 Å². The van der Waals surface area contributed by atoms with Gasteiger partial charge in [-0.2, -0.15) is 0 Å². The smallest absolute Gasteiger partial charge is 0.319 e. The first-order chi connectivity index (χ1) is 9.20. The molecular weight excluding hydrogens is 242 g/mol. The molecule has 100 valence electrons. The Morgan fingerprint density at radius 3 is 3.05 bits per heavy atom. The van der Waals surface area contributed by atoms with E-state index in [9.17, 15) is 4.79 Å². The van der Waals surface area contributed by atoms with Crippen LogP contribution in [0.1, 0.15) is 18.5 Å². The Morgan fingerprint density at radius 2 is 2.37 bits per heavy atom. The van der Waals surface area contributed by atoms with Gasteiger partial charge in [0.05, 0.1) is 20.0 Å². The number of nitrogens with one attached hydrogen (secondary N) is 1. The summed E-state index contributed by atoms with van der Waals surface area (Å²) < 4.78 is 6.55. The molecule has 5 nitrogen and oxygen atoms in total. The van der Waals surface area contributed by atoms with Gasteiger partial charge in [0, 0.05) is 24.1 Å². The fourth-order valence-corrected chi connectivity index (χ4v) is 1.79. The van der Waals surface area contributed by atoms with Crippen molar-refractivity contribution in [2.45, 2.75) is 13.0 Å². The van der Waals surface area contributed by atoms with E-state index in [0.717, 1.165) is 11.3 Å². The van der Waals surface area contributed by atoms with Crippen molar-refractivity contribution in [1.82, 2.24) is 14.9 Å². The fourth-order valence-electron chi connectivity index (χ4n) is 1.79. The van der Waals surface area contributed by atoms with Gasteiger partial charge in [0.2, 0.25) is 0 Å². The molecule has 0 spiro atoms. The zero-order valence-electron chi connectivity index (χ0n) is 11.0. The van der Waals surface area contributed by atoms with Gasteiger partial charge in [-0.3, -0.25) is 4.79 Å². The lowest BCUT2D eigenvalue weighted by Crippen LogP contribution is -2.26. The number of carbonyl (C=O) groups is 1. The van der Waals surface area contributed by atoms with E-state index in [2.05, 4.69) is 21.1 Å². The Balaban J connectivity index is 2.08. The molecule has 19 heavy (non-hydrogen) atoms. The Hall–Kier alpha value is -2.14. The summed E-state index contributed by atoms with van der Waals surface area (Å²) in [5.74, 6) is -0.266. The first-order valence-electron chi connectivity index (χ1n) is 6.09. The third-order valence-corrected chi connectivity index (χ3v) is 2.95. The molecule has 1 aromatic carbocycles. The van der Waals surface area contributed by atoms with E-state index < -0.39 is 0 Å². The third kappa shape index (κ3) is 3.42. The summed E-state index contributed by atoms with van der Waals surface area (Å²) in [7, 11) is 1.38. The Labute approximate surface area is 112 Å². The number of esters is 1. The van der Waals surface area contributed by atoms with Crippen LogP contribution in [0.15, 0.2) is 43.0 Å². The number of carbonyl (C=O) groups excluding carboxylic acids is 1. The van der Waals surface area contributed by atoms with E-state index in [1.165, 1.54) is 7.11 Å². The second-order valence-corrected chi connectivity index (χ2v) is 4.24. The predicted molar refractivity (Wildman–Crippen MR) is 72.0 cm³/mol. The molecule has 1 aromatic heterocycles. The zero-order chi connectivity index (χ0) is 13.7. The second kappa shape index (κ2) is 6.15. The van der Waals surface area contributed by atoms with Crippen LogP contribution in [-0.2, 0) is 9.53 Å². The number of hydrogen-bond acceptors (Lipinski definition) is 4. The van der Waals surface area contributed by atoms with Crippen LogP contribution in [0, 0.1) is 0 Å². The van der Waals surface area contributed by atoms with Crippen LogP contribution in [-0.4, -0.2) is 29.2 Å². The minimum atomic E-state index is -0.266. The SMILES string of the molecule is COC(=O)CNC(C)c1cccc(-n2ccnc2)c1. The highest BCUT2D eigenvalue weighted by Gasteiger charge is 2.08. The lowest BCUT2D eigenvalue weighted by Gasteiger charge is -2.14. The van der Waals surface area contributed by atoms with Crippen LogP contribution < -0.4 is 5.32 Å². The van der Waals surface area contributed by atoms with Crippen molar-refractivity contribution >= 4 is 5.97 Å². The molecule has 1 unspecified atom stereocenters. The summed E-state index contributed by atoms with van der Waals surface area (Å²) in [5.41, 5.74) is 2.15. The number of methoxy groups -OCH3 is 1. The molecule has 0 radical (unpaired) electrons. The standard InChI is InChI=1S/C14H17N3O2/c1-11(16-9-14(18)19-2)12-4-3-5-13(8-12)17-7-6-15-10-17/h3-8,10-11,16H,9H2,1-2H3. The van der Waals surface area contributed by atoms with Crippen LogP contribution in [0.5, 0.6) is 0 Å². The molecule has 1 atom stereocenters. The van der Waals surface area contributed by atoms with Gasteiger partial charge in [-0.1, -0.05) is 12.1 Å². The van der Waals surface area contributed by atoms with Crippen molar-refractivity contribution in [3.8, 4) is 5.69 Å². The average Bonchev–Trinajstić information content (AvgIpc) is 2.98. The minimum Gasteiger partial charge on any atom is -0.468 e. The van der Waals surface area contributed by atoms with E-state index in [1.54, 1.807) is 12.5 Å². The van der Waals surface area contributed by atoms with Crippen molar-refractivity contribution in [3.05, 3.63) is 48.5 Å². The van der Waals surface area contributed by atoms with Gasteiger partial charge in [-0.25, -0.2) is 4.98 Å². The van der Waals surface area contributed by atoms with Gasteiger partial charge in [0.25, 0.3) is 0 Å². The summed E-state index contributed by atoms with van der Waals surface area (Å²) in [6, 6.07) is 8.16. The van der Waals surface area contributed by atoms with Gasteiger partial charge in [-0.15, -0.1) is 0 Å². The molecule has 1 heterocycles. The van der Waals surface area contributed by atoms with Crippen molar-refractivity contribution < 1.29 is 9.53 Å². The Kier molecular flexibility index (Phi) is 4.30. The number of aromatic nitrogens is 2. The van der Waals surface area contributed by atoms with Gasteiger partial charge < -0.3 is 14.6 Å². The molecule has 0 aliphatic carbocycles. The number of imidazole rings is 1. The van der Waals surface area contributed by atoms with Gasteiger partial charge >= 0.3 is 5.97 Å². The summed E-state index contributed by atoms with van der Waals surface area (Å²) in [6.07, 6.45) is 5.39. The first kappa shape index (κ1) is 13.3. The van der Waals surface area contributed by atoms with Crippen LogP contribution in [0.25, 0.3) is 5.69 Å². The normalized spacial score (nSPS) is 12.1. The van der Waals surface area contributed by atoms with E-state index >= 15 is 0 Å². The first-order valence-corrected chi connectivity index (χ1v) is 6.09. The summed E-state index contributed by atoms with van der Waals surface area (Å²) in [6.45, 7) is 2.21. The second-order valence-electron chi connectivity index (χ2n) is 4.24. The lowest BCUT2D eigenvalue weighted by atomic mass is 10.1. The van der Waals surface area contributed by atoms with Gasteiger partial charge in [-0.05, 0) is 24.6 Å². The van der Waals surface area contributed by atoms with E-state index in [0.29, 0.717) is 0 Å². The van der Waals surface area contributed by atoms with Crippen molar-refractivity contribution in [3.63, 3.8) is 0 Å². The van der Waals surface area contributed by atoms with Gasteiger partial charge in [0.15, 0.2) is 0 Å². The van der Waals surface area contributed by atoms with Crippen molar-refractivity contribution in [1.29, 1.82) is 0 Å². The van der Waals surface area contributed by atoms with E-state index in [4.69, 9.17) is 0 Å². The number of hydrogen-bond donors (Lipinski definition) is 1. The fraction of sp³-hybridized carbons (Fsp3) is 0.286. The maximum atomic E-state index is 11.1. The number of rotatable bonds is 5. The maximum absolute atomic E-state index is 11.1. The predicted octanol–water partition coefficient (Wildman–Crippen LogP) is 1.70. The highest BCUT2D eigenvalue weighted by molar-refractivity contribution is 5.71. The van der Waals surface area contributed by atoms with Crippen molar-refractivity contribution in [2.24, 2.45) is 0 Å². The van der Waals surface area contributed by atoms with Crippen LogP contribution >= 0.6 is 0 Å². The summed E-state index contributed by atoms with van der Waals surface area (Å²) in [4.78, 5) is 15.1. The molecule has 0 saturated carbocycles. The maximum Gasteiger partial charge on any atom is 0.319 e.